The fourth-order valence-corrected chi connectivity index (χ4v) is 6.87. The minimum absolute atomic E-state index is 0.0601. The van der Waals surface area contributed by atoms with Gasteiger partial charge in [-0.15, -0.1) is 4.40 Å². The van der Waals surface area contributed by atoms with Crippen LogP contribution in [-0.2, 0) is 31.8 Å². The maximum absolute atomic E-state index is 14.6. The number of aliphatic hydroxyl groups is 1. The Morgan fingerprint density at radius 3 is 2.43 bits per heavy atom. The van der Waals surface area contributed by atoms with E-state index >= 15 is 0 Å². The summed E-state index contributed by atoms with van der Waals surface area (Å²) in [5.74, 6) is -0.903. The first-order valence-corrected chi connectivity index (χ1v) is 16.7. The average Bonchev–Trinajstić information content (AvgIpc) is 2.93. The summed E-state index contributed by atoms with van der Waals surface area (Å²) in [5, 5.41) is 14.4. The number of hydrogen-bond donors (Lipinski definition) is 5. The standard InChI is InChI=1S/C30H33N3O7S2/c1-19(2)15-16-30(40-18-20-9-5-4-6-10-20)23-12-8-7-11-22(23)27(34)26(28(30)35)29-31-24-14-13-21(32-41(3,36)37)17-25(24)42(38,39)33-29/h4-14,17,19,32,34,38-39H,15-16,18H2,1-3H3,(H,31,33). The molecule has 0 aromatic heterocycles. The van der Waals surface area contributed by atoms with Crippen molar-refractivity contribution in [3.63, 3.8) is 0 Å². The van der Waals surface area contributed by atoms with Gasteiger partial charge in [-0.1, -0.05) is 79.2 Å². The first-order valence-electron chi connectivity index (χ1n) is 13.3. The van der Waals surface area contributed by atoms with Gasteiger partial charge in [-0.2, -0.15) is 0 Å². The lowest BCUT2D eigenvalue weighted by Gasteiger charge is -2.40. The van der Waals surface area contributed by atoms with E-state index < -0.39 is 32.2 Å². The fourth-order valence-electron chi connectivity index (χ4n) is 5.13. The van der Waals surface area contributed by atoms with Gasteiger partial charge in [-0.3, -0.25) is 18.6 Å². The number of anilines is 2. The van der Waals surface area contributed by atoms with Gasteiger partial charge in [0.25, 0.3) is 0 Å². The number of hydrogen-bond acceptors (Lipinski definition) is 9. The number of nitrogens with one attached hydrogen (secondary N) is 2. The third-order valence-electron chi connectivity index (χ3n) is 7.14. The molecule has 5 rings (SSSR count). The monoisotopic (exact) mass is 611 g/mol. The van der Waals surface area contributed by atoms with Gasteiger partial charge in [0.1, 0.15) is 16.2 Å². The maximum atomic E-state index is 14.6. The van der Waals surface area contributed by atoms with E-state index in [1.54, 1.807) is 24.3 Å². The minimum Gasteiger partial charge on any atom is -0.506 e. The third-order valence-corrected chi connectivity index (χ3v) is 9.11. The Morgan fingerprint density at radius 2 is 1.74 bits per heavy atom. The number of rotatable bonds is 9. The highest BCUT2D eigenvalue weighted by Crippen LogP contribution is 2.57. The molecule has 0 fully saturated rings. The van der Waals surface area contributed by atoms with E-state index in [2.05, 4.69) is 14.4 Å². The Morgan fingerprint density at radius 1 is 1.05 bits per heavy atom. The van der Waals surface area contributed by atoms with Gasteiger partial charge in [-0.25, -0.2) is 8.42 Å². The van der Waals surface area contributed by atoms with E-state index in [9.17, 15) is 27.4 Å². The second kappa shape index (κ2) is 11.2. The van der Waals surface area contributed by atoms with Crippen molar-refractivity contribution in [1.29, 1.82) is 0 Å². The first kappa shape index (κ1) is 29.8. The molecule has 0 spiro atoms. The Labute approximate surface area is 246 Å². The molecule has 0 amide bonds. The number of aliphatic hydroxyl groups excluding tert-OH is 1. The highest BCUT2D eigenvalue weighted by Gasteiger charge is 2.50. The predicted molar refractivity (Wildman–Crippen MR) is 165 cm³/mol. The summed E-state index contributed by atoms with van der Waals surface area (Å²) in [6.07, 6.45) is 1.92. The molecule has 3 aromatic carbocycles. The van der Waals surface area contributed by atoms with Crippen LogP contribution in [0.4, 0.5) is 11.4 Å². The molecule has 222 valence electrons. The summed E-state index contributed by atoms with van der Waals surface area (Å²) in [5.41, 5.74) is 0.356. The van der Waals surface area contributed by atoms with Crippen LogP contribution in [0.5, 0.6) is 0 Å². The van der Waals surface area contributed by atoms with Gasteiger partial charge >= 0.3 is 0 Å². The van der Waals surface area contributed by atoms with Crippen molar-refractivity contribution in [2.45, 2.75) is 43.8 Å². The van der Waals surface area contributed by atoms with Gasteiger partial charge in [0.05, 0.1) is 24.2 Å². The summed E-state index contributed by atoms with van der Waals surface area (Å²) in [6.45, 7) is 4.22. The quantitative estimate of drug-likeness (QED) is 0.188. The highest BCUT2D eigenvalue weighted by molar-refractivity contribution is 8.23. The van der Waals surface area contributed by atoms with Crippen LogP contribution in [0.3, 0.4) is 0 Å². The SMILES string of the molecule is CC(C)CCC1(OCc2ccccc2)C(=O)C(C2=NS(O)(O)c3cc(NS(C)(=O)=O)ccc3N2)=C(O)c2ccccc21. The molecule has 3 aromatic rings. The molecule has 12 heteroatoms. The van der Waals surface area contributed by atoms with E-state index in [4.69, 9.17) is 4.74 Å². The fraction of sp³-hybridized carbons (Fsp3) is 0.267. The van der Waals surface area contributed by atoms with E-state index in [-0.39, 0.29) is 46.0 Å². The minimum atomic E-state index is -3.91. The number of benzene rings is 3. The Hall–Kier alpha value is -3.68. The second-order valence-corrected chi connectivity index (χ2v) is 14.2. The molecule has 0 bridgehead atoms. The lowest BCUT2D eigenvalue weighted by Crippen LogP contribution is -2.46. The largest absolute Gasteiger partial charge is 0.506 e. The zero-order valence-corrected chi connectivity index (χ0v) is 25.0. The van der Waals surface area contributed by atoms with Crippen molar-refractivity contribution in [1.82, 2.24) is 0 Å². The Balaban J connectivity index is 1.62. The van der Waals surface area contributed by atoms with Crippen LogP contribution < -0.4 is 10.0 Å². The maximum Gasteiger partial charge on any atom is 0.229 e. The number of fused-ring (bicyclic) bond motifs is 2. The number of sulfonamides is 1. The van der Waals surface area contributed by atoms with Gasteiger partial charge in [0.2, 0.25) is 15.8 Å². The van der Waals surface area contributed by atoms with Gasteiger partial charge in [-0.05, 0) is 42.5 Å². The third kappa shape index (κ3) is 5.81. The van der Waals surface area contributed by atoms with Crippen molar-refractivity contribution in [3.8, 4) is 0 Å². The number of nitrogens with zero attached hydrogens (tertiary/aromatic N) is 1. The highest BCUT2D eigenvalue weighted by atomic mass is 32.3. The molecule has 1 aliphatic carbocycles. The molecule has 10 nitrogen and oxygen atoms in total. The van der Waals surface area contributed by atoms with E-state index in [1.165, 1.54) is 18.2 Å². The number of carbonyl (C=O) groups is 1. The summed E-state index contributed by atoms with van der Waals surface area (Å²) in [6, 6.07) is 20.6. The molecule has 1 atom stereocenters. The van der Waals surface area contributed by atoms with Crippen molar-refractivity contribution in [2.24, 2.45) is 10.3 Å². The molecule has 1 heterocycles. The molecule has 5 N–H and O–H groups in total. The Bertz CT molecular complexity index is 1700. The predicted octanol–water partition coefficient (Wildman–Crippen LogP) is 6.31. The number of Topliss-reactive ketones (excluding diaryl/α,β-unsaturated/α-hetero) is 1. The lowest BCUT2D eigenvalue weighted by atomic mass is 9.73. The van der Waals surface area contributed by atoms with Crippen molar-refractivity contribution < 1.29 is 32.2 Å². The molecule has 1 aliphatic heterocycles. The van der Waals surface area contributed by atoms with Crippen LogP contribution in [0.1, 0.15) is 43.4 Å². The molecule has 0 saturated heterocycles. The summed E-state index contributed by atoms with van der Waals surface area (Å²) >= 11 is 0. The summed E-state index contributed by atoms with van der Waals surface area (Å²) in [7, 11) is -7.53. The molecule has 42 heavy (non-hydrogen) atoms. The number of ether oxygens (including phenoxy) is 1. The van der Waals surface area contributed by atoms with Crippen LogP contribution in [0.15, 0.2) is 87.7 Å². The van der Waals surface area contributed by atoms with Crippen LogP contribution in [0.25, 0.3) is 5.76 Å². The van der Waals surface area contributed by atoms with Crippen LogP contribution >= 0.6 is 10.8 Å². The van der Waals surface area contributed by atoms with E-state index in [0.29, 0.717) is 24.0 Å². The number of ketones is 1. The molecular formula is C30H33N3O7S2. The second-order valence-electron chi connectivity index (χ2n) is 10.8. The van der Waals surface area contributed by atoms with E-state index in [1.807, 2.05) is 44.2 Å². The summed E-state index contributed by atoms with van der Waals surface area (Å²) in [4.78, 5) is 14.5. The van der Waals surface area contributed by atoms with Crippen molar-refractivity contribution >= 4 is 49.6 Å². The number of carbonyl (C=O) groups excluding carboxylic acids is 1. The van der Waals surface area contributed by atoms with Crippen LogP contribution in [0.2, 0.25) is 0 Å². The van der Waals surface area contributed by atoms with Gasteiger partial charge < -0.3 is 15.2 Å². The van der Waals surface area contributed by atoms with Gasteiger partial charge in [0.15, 0.2) is 11.4 Å². The first-order chi connectivity index (χ1) is 19.8. The van der Waals surface area contributed by atoms with E-state index in [0.717, 1.165) is 11.8 Å². The average molecular weight is 612 g/mol. The smallest absolute Gasteiger partial charge is 0.229 e. The van der Waals surface area contributed by atoms with Crippen molar-refractivity contribution in [2.75, 3.05) is 16.3 Å². The normalized spacial score (nSPS) is 20.3. The van der Waals surface area contributed by atoms with Crippen molar-refractivity contribution in [3.05, 3.63) is 95.1 Å². The molecule has 1 unspecified atom stereocenters. The Kier molecular flexibility index (Phi) is 7.94. The number of amidine groups is 1. The van der Waals surface area contributed by atoms with Gasteiger partial charge in [0, 0.05) is 11.1 Å². The van der Waals surface area contributed by atoms with Crippen LogP contribution in [0, 0.1) is 5.92 Å². The summed E-state index contributed by atoms with van der Waals surface area (Å²) < 4.78 is 58.5. The molecule has 2 aliphatic rings. The zero-order chi connectivity index (χ0) is 30.3. The molecular weight excluding hydrogens is 578 g/mol. The molecule has 0 saturated carbocycles. The van der Waals surface area contributed by atoms with Crippen LogP contribution in [-0.4, -0.2) is 40.5 Å². The topological polar surface area (TPSA) is 158 Å². The zero-order valence-electron chi connectivity index (χ0n) is 23.4. The molecule has 0 radical (unpaired) electrons. The lowest BCUT2D eigenvalue weighted by molar-refractivity contribution is -0.146.